The summed E-state index contributed by atoms with van der Waals surface area (Å²) >= 11 is 0. The smallest absolute Gasteiger partial charge is 0.232 e. The number of hydrogen-bond donors (Lipinski definition) is 2. The second kappa shape index (κ2) is 10.4. The van der Waals surface area contributed by atoms with Gasteiger partial charge in [-0.3, -0.25) is 9.69 Å². The normalized spacial score (nSPS) is 16.7. The molecule has 0 aromatic heterocycles. The zero-order valence-corrected chi connectivity index (χ0v) is 21.8. The summed E-state index contributed by atoms with van der Waals surface area (Å²) in [6, 6.07) is 23.6. The molecule has 36 heavy (non-hydrogen) atoms. The third kappa shape index (κ3) is 5.12. The lowest BCUT2D eigenvalue weighted by molar-refractivity contribution is -0.122. The molecule has 3 aromatic rings. The Hall–Kier alpha value is -3.31. The topological polar surface area (TPSA) is 75.8 Å². The van der Waals surface area contributed by atoms with Crippen LogP contribution in [0.25, 0.3) is 0 Å². The molecule has 4 rings (SSSR count). The molecule has 190 valence electrons. The molecule has 1 amide bonds. The Bertz CT molecular complexity index is 1150. The maximum Gasteiger partial charge on any atom is 0.232 e. The van der Waals surface area contributed by atoms with Gasteiger partial charge in [0.05, 0.1) is 5.41 Å². The fourth-order valence-corrected chi connectivity index (χ4v) is 5.44. The van der Waals surface area contributed by atoms with E-state index in [1.54, 1.807) is 6.07 Å². The molecule has 1 atom stereocenters. The van der Waals surface area contributed by atoms with Gasteiger partial charge in [0.2, 0.25) is 5.91 Å². The van der Waals surface area contributed by atoms with E-state index in [4.69, 9.17) is 10.5 Å². The first-order chi connectivity index (χ1) is 17.1. The molecule has 3 aromatic carbocycles. The van der Waals surface area contributed by atoms with Crippen LogP contribution in [-0.4, -0.2) is 40.6 Å². The van der Waals surface area contributed by atoms with E-state index in [0.717, 1.165) is 53.9 Å². The minimum atomic E-state index is -0.897. The van der Waals surface area contributed by atoms with E-state index >= 15 is 0 Å². The second-order valence-electron chi connectivity index (χ2n) is 10.7. The van der Waals surface area contributed by atoms with Gasteiger partial charge >= 0.3 is 0 Å². The molecule has 0 aliphatic carbocycles. The first kappa shape index (κ1) is 25.8. The summed E-state index contributed by atoms with van der Waals surface area (Å²) in [5.41, 5.74) is 8.72. The van der Waals surface area contributed by atoms with Gasteiger partial charge < -0.3 is 15.6 Å². The number of ether oxygens (including phenoxy) is 1. The highest BCUT2D eigenvalue weighted by molar-refractivity contribution is 5.90. The molecule has 0 radical (unpaired) electrons. The standard InChI is InChI=1S/C31H38N2O3/c1-22-19-27(34)23(2)28(20-22)36-26-15-18-33(21-26)30(3,4)16-17-31(29(32)35,24-11-7-5-8-12-24)25-13-9-6-10-14-25/h5-14,19-20,26,34H,15-18,21H2,1-4H3,(H2,32,35)/t26-/m0/s1. The third-order valence-corrected chi connectivity index (χ3v) is 7.84. The van der Waals surface area contributed by atoms with Crippen LogP contribution in [-0.2, 0) is 10.2 Å². The summed E-state index contributed by atoms with van der Waals surface area (Å²) in [5, 5.41) is 10.2. The molecule has 5 nitrogen and oxygen atoms in total. The molecular weight excluding hydrogens is 448 g/mol. The Morgan fingerprint density at radius 1 is 1.00 bits per heavy atom. The van der Waals surface area contributed by atoms with Crippen molar-refractivity contribution in [2.75, 3.05) is 13.1 Å². The summed E-state index contributed by atoms with van der Waals surface area (Å²) < 4.78 is 6.34. The van der Waals surface area contributed by atoms with E-state index in [0.29, 0.717) is 6.42 Å². The number of amides is 1. The van der Waals surface area contributed by atoms with Crippen molar-refractivity contribution < 1.29 is 14.6 Å². The molecule has 0 bridgehead atoms. The molecule has 3 N–H and O–H groups in total. The quantitative estimate of drug-likeness (QED) is 0.419. The Labute approximate surface area is 214 Å². The molecule has 0 spiro atoms. The van der Waals surface area contributed by atoms with Gasteiger partial charge in [0.25, 0.3) is 0 Å². The first-order valence-corrected chi connectivity index (χ1v) is 12.8. The van der Waals surface area contributed by atoms with Crippen molar-refractivity contribution in [2.45, 2.75) is 64.0 Å². The Morgan fingerprint density at radius 2 is 1.58 bits per heavy atom. The predicted molar refractivity (Wildman–Crippen MR) is 144 cm³/mol. The number of aromatic hydroxyl groups is 1. The van der Waals surface area contributed by atoms with Crippen molar-refractivity contribution in [3.05, 3.63) is 95.1 Å². The van der Waals surface area contributed by atoms with Crippen LogP contribution in [0.5, 0.6) is 11.5 Å². The van der Waals surface area contributed by atoms with Crippen molar-refractivity contribution in [3.63, 3.8) is 0 Å². The van der Waals surface area contributed by atoms with Gasteiger partial charge in [-0.25, -0.2) is 0 Å². The fraction of sp³-hybridized carbons (Fsp3) is 0.387. The second-order valence-corrected chi connectivity index (χ2v) is 10.7. The number of hydrogen-bond acceptors (Lipinski definition) is 4. The van der Waals surface area contributed by atoms with Gasteiger partial charge in [-0.15, -0.1) is 0 Å². The Balaban J connectivity index is 1.53. The molecule has 0 saturated carbocycles. The third-order valence-electron chi connectivity index (χ3n) is 7.84. The van der Waals surface area contributed by atoms with Crippen LogP contribution in [0.1, 0.15) is 55.4 Å². The molecule has 1 saturated heterocycles. The van der Waals surface area contributed by atoms with Crippen LogP contribution in [0.15, 0.2) is 72.8 Å². The van der Waals surface area contributed by atoms with Crippen LogP contribution in [0.4, 0.5) is 0 Å². The number of aryl methyl sites for hydroxylation is 1. The summed E-state index contributed by atoms with van der Waals surface area (Å²) in [5.74, 6) is 0.691. The molecule has 1 fully saturated rings. The van der Waals surface area contributed by atoms with E-state index in [1.165, 1.54) is 0 Å². The van der Waals surface area contributed by atoms with Gasteiger partial charge in [-0.2, -0.15) is 0 Å². The van der Waals surface area contributed by atoms with E-state index in [1.807, 2.05) is 80.6 Å². The lowest BCUT2D eigenvalue weighted by Gasteiger charge is -2.40. The lowest BCUT2D eigenvalue weighted by Crippen LogP contribution is -2.47. The van der Waals surface area contributed by atoms with Crippen molar-refractivity contribution in [3.8, 4) is 11.5 Å². The number of carbonyl (C=O) groups excluding carboxylic acids is 1. The van der Waals surface area contributed by atoms with Crippen LogP contribution >= 0.6 is 0 Å². The molecule has 1 heterocycles. The van der Waals surface area contributed by atoms with Gasteiger partial charge in [-0.05, 0) is 75.8 Å². The summed E-state index contributed by atoms with van der Waals surface area (Å²) in [7, 11) is 0. The summed E-state index contributed by atoms with van der Waals surface area (Å²) in [4.78, 5) is 15.6. The van der Waals surface area contributed by atoms with Crippen LogP contribution < -0.4 is 10.5 Å². The molecular formula is C31H38N2O3. The highest BCUT2D eigenvalue weighted by Gasteiger charge is 2.43. The van der Waals surface area contributed by atoms with Gasteiger partial charge in [0, 0.05) is 24.2 Å². The van der Waals surface area contributed by atoms with E-state index in [-0.39, 0.29) is 23.3 Å². The van der Waals surface area contributed by atoms with E-state index < -0.39 is 5.41 Å². The number of nitrogens with zero attached hydrogens (tertiary/aromatic N) is 1. The van der Waals surface area contributed by atoms with E-state index in [2.05, 4.69) is 18.7 Å². The number of benzene rings is 3. The number of phenolic OH excluding ortho intramolecular Hbond substituents is 1. The maximum absolute atomic E-state index is 13.2. The summed E-state index contributed by atoms with van der Waals surface area (Å²) in [6.07, 6.45) is 2.36. The lowest BCUT2D eigenvalue weighted by atomic mass is 9.69. The highest BCUT2D eigenvalue weighted by Crippen LogP contribution is 2.40. The van der Waals surface area contributed by atoms with Gasteiger partial charge in [0.15, 0.2) is 0 Å². The number of primary amides is 1. The van der Waals surface area contributed by atoms with E-state index in [9.17, 15) is 9.90 Å². The SMILES string of the molecule is Cc1cc(O)c(C)c(O[C@H]2CCN(C(C)(C)CCC(C(N)=O)(c3ccccc3)c3ccccc3)C2)c1. The zero-order chi connectivity index (χ0) is 25.9. The van der Waals surface area contributed by atoms with Crippen LogP contribution in [0, 0.1) is 13.8 Å². The van der Waals surface area contributed by atoms with Crippen molar-refractivity contribution >= 4 is 5.91 Å². The minimum Gasteiger partial charge on any atom is -0.508 e. The first-order valence-electron chi connectivity index (χ1n) is 12.8. The number of rotatable bonds is 9. The van der Waals surface area contributed by atoms with Crippen molar-refractivity contribution in [1.82, 2.24) is 4.90 Å². The maximum atomic E-state index is 13.2. The number of nitrogens with two attached hydrogens (primary N) is 1. The Morgan fingerprint density at radius 3 is 2.14 bits per heavy atom. The van der Waals surface area contributed by atoms with Crippen molar-refractivity contribution in [2.24, 2.45) is 5.73 Å². The molecule has 1 aliphatic heterocycles. The highest BCUT2D eigenvalue weighted by atomic mass is 16.5. The van der Waals surface area contributed by atoms with Crippen LogP contribution in [0.3, 0.4) is 0 Å². The predicted octanol–water partition coefficient (Wildman–Crippen LogP) is 5.49. The molecule has 1 aliphatic rings. The fourth-order valence-electron chi connectivity index (χ4n) is 5.44. The monoisotopic (exact) mass is 486 g/mol. The molecule has 0 unspecified atom stereocenters. The zero-order valence-electron chi connectivity index (χ0n) is 21.8. The van der Waals surface area contributed by atoms with Gasteiger partial charge in [-0.1, -0.05) is 60.7 Å². The molecule has 5 heteroatoms. The summed E-state index contributed by atoms with van der Waals surface area (Å²) in [6.45, 7) is 10.0. The largest absolute Gasteiger partial charge is 0.508 e. The number of likely N-dealkylation sites (tertiary alicyclic amines) is 1. The van der Waals surface area contributed by atoms with Gasteiger partial charge in [0.1, 0.15) is 17.6 Å². The number of carbonyl (C=O) groups is 1. The van der Waals surface area contributed by atoms with Crippen molar-refractivity contribution in [1.29, 1.82) is 0 Å². The number of phenols is 1. The average Bonchev–Trinajstić information content (AvgIpc) is 3.33. The minimum absolute atomic E-state index is 0.0494. The Kier molecular flexibility index (Phi) is 7.41. The average molecular weight is 487 g/mol. The van der Waals surface area contributed by atoms with Crippen LogP contribution in [0.2, 0.25) is 0 Å².